The number of amides is 1. The first-order chi connectivity index (χ1) is 17.9. The van der Waals surface area contributed by atoms with Crippen LogP contribution in [-0.2, 0) is 21.9 Å². The number of hydrogen-bond donors (Lipinski definition) is 3. The number of H-pyrrole nitrogens is 1. The highest BCUT2D eigenvalue weighted by molar-refractivity contribution is 7.92. The molecule has 38 heavy (non-hydrogen) atoms. The Balaban J connectivity index is 1.62. The predicted octanol–water partition coefficient (Wildman–Crippen LogP) is 4.09. The molecule has 0 unspecified atom stereocenters. The van der Waals surface area contributed by atoms with Gasteiger partial charge in [0, 0.05) is 43.5 Å². The van der Waals surface area contributed by atoms with Crippen LogP contribution >= 0.6 is 0 Å². The molecule has 1 aliphatic rings. The van der Waals surface area contributed by atoms with E-state index in [1.165, 1.54) is 13.1 Å². The van der Waals surface area contributed by atoms with Crippen molar-refractivity contribution < 1.29 is 22.0 Å². The van der Waals surface area contributed by atoms with E-state index in [1.54, 1.807) is 24.4 Å². The van der Waals surface area contributed by atoms with Crippen LogP contribution in [0.15, 0.2) is 30.5 Å². The van der Waals surface area contributed by atoms with Crippen LogP contribution in [0.5, 0.6) is 0 Å². The molecule has 11 nitrogen and oxygen atoms in total. The number of sulfonamides is 1. The first kappa shape index (κ1) is 25.6. The zero-order valence-electron chi connectivity index (χ0n) is 21.1. The maximum atomic E-state index is 13.4. The number of pyridine rings is 1. The molecule has 4 aromatic rings. The Hall–Kier alpha value is -4.07. The largest absolute Gasteiger partial charge is 0.352 e. The zero-order valence-corrected chi connectivity index (χ0v) is 21.9. The lowest BCUT2D eigenvalue weighted by Gasteiger charge is -2.22. The first-order valence-electron chi connectivity index (χ1n) is 11.8. The fraction of sp³-hybridized carbons (Fsp3) is 0.333. The summed E-state index contributed by atoms with van der Waals surface area (Å²) in [6.07, 6.45) is 1.48. The maximum absolute atomic E-state index is 13.4. The number of imidazole rings is 2. The monoisotopic (exact) mass is 544 g/mol. The second kappa shape index (κ2) is 9.35. The predicted molar refractivity (Wildman–Crippen MR) is 140 cm³/mol. The molecular formula is C24H26F2N8O3S. The molecule has 3 N–H and O–H groups in total. The normalized spacial score (nSPS) is 13.8. The summed E-state index contributed by atoms with van der Waals surface area (Å²) in [4.78, 5) is 27.5. The number of aryl methyl sites for hydroxylation is 1. The van der Waals surface area contributed by atoms with E-state index in [2.05, 4.69) is 30.6 Å². The minimum Gasteiger partial charge on any atom is -0.352 e. The number of aromatic amines is 1. The Bertz CT molecular complexity index is 1660. The molecule has 0 atom stereocenters. The SMILES string of the molecule is Cc1cnc(-c2ccc(Nc3cc(NC(=O)C4CC4)nc4[nH]c(C(F)F)nc34)c(N(C)S(C)(=O)=O)c2)n1C. The number of carbonyl (C=O) groups is 1. The van der Waals surface area contributed by atoms with Crippen molar-refractivity contribution in [1.82, 2.24) is 24.5 Å². The lowest BCUT2D eigenvalue weighted by atomic mass is 10.1. The highest BCUT2D eigenvalue weighted by Crippen LogP contribution is 2.37. The summed E-state index contributed by atoms with van der Waals surface area (Å²) in [5.41, 5.74) is 2.68. The Kier molecular flexibility index (Phi) is 6.29. The van der Waals surface area contributed by atoms with Gasteiger partial charge < -0.3 is 20.2 Å². The Morgan fingerprint density at radius 3 is 2.55 bits per heavy atom. The van der Waals surface area contributed by atoms with Gasteiger partial charge >= 0.3 is 0 Å². The van der Waals surface area contributed by atoms with E-state index in [0.29, 0.717) is 22.8 Å². The Morgan fingerprint density at radius 2 is 1.95 bits per heavy atom. The summed E-state index contributed by atoms with van der Waals surface area (Å²) in [6.45, 7) is 1.90. The molecule has 1 aromatic carbocycles. The van der Waals surface area contributed by atoms with Crippen LogP contribution in [0.25, 0.3) is 22.6 Å². The average Bonchev–Trinajstić information content (AvgIpc) is 3.53. The van der Waals surface area contributed by atoms with Gasteiger partial charge in [-0.1, -0.05) is 0 Å². The number of rotatable bonds is 8. The first-order valence-corrected chi connectivity index (χ1v) is 13.6. The molecule has 3 heterocycles. The molecule has 1 fully saturated rings. The van der Waals surface area contributed by atoms with Crippen LogP contribution in [0.4, 0.5) is 31.7 Å². The van der Waals surface area contributed by atoms with Gasteiger partial charge in [0.25, 0.3) is 6.43 Å². The van der Waals surface area contributed by atoms with E-state index in [0.717, 1.165) is 29.1 Å². The smallest absolute Gasteiger partial charge is 0.295 e. The number of nitrogens with one attached hydrogen (secondary N) is 3. The molecule has 0 bridgehead atoms. The van der Waals surface area contributed by atoms with E-state index in [9.17, 15) is 22.0 Å². The standard InChI is InChI=1S/C24H26F2N8O3S/c1-12-11-27-23(33(12)2)14-7-8-15(17(9-14)34(3)38(4,36)37)28-16-10-18(30-24(35)13-5-6-13)29-21-19(16)31-22(32-21)20(25)26/h7-11,13,20H,5-6H2,1-4H3,(H3,28,29,30,31,32,35). The topological polar surface area (TPSA) is 138 Å². The molecule has 0 saturated heterocycles. The van der Waals surface area contributed by atoms with E-state index in [4.69, 9.17) is 0 Å². The fourth-order valence-corrected chi connectivity index (χ4v) is 4.48. The van der Waals surface area contributed by atoms with Crippen molar-refractivity contribution in [1.29, 1.82) is 0 Å². The molecule has 1 aliphatic carbocycles. The third-order valence-corrected chi connectivity index (χ3v) is 7.65. The summed E-state index contributed by atoms with van der Waals surface area (Å²) in [7, 11) is -0.408. The molecule has 0 radical (unpaired) electrons. The van der Waals surface area contributed by atoms with Gasteiger partial charge in [-0.3, -0.25) is 9.10 Å². The van der Waals surface area contributed by atoms with E-state index in [1.807, 2.05) is 18.5 Å². The summed E-state index contributed by atoms with van der Waals surface area (Å²) in [5, 5.41) is 5.84. The van der Waals surface area contributed by atoms with E-state index >= 15 is 0 Å². The van der Waals surface area contributed by atoms with Crippen LogP contribution < -0.4 is 14.9 Å². The van der Waals surface area contributed by atoms with Crippen molar-refractivity contribution in [3.8, 4) is 11.4 Å². The van der Waals surface area contributed by atoms with Crippen molar-refractivity contribution in [2.45, 2.75) is 26.2 Å². The van der Waals surface area contributed by atoms with Crippen LogP contribution in [0.3, 0.4) is 0 Å². The lowest BCUT2D eigenvalue weighted by Crippen LogP contribution is -2.25. The second-order valence-corrected chi connectivity index (χ2v) is 11.3. The van der Waals surface area contributed by atoms with Gasteiger partial charge in [0.2, 0.25) is 15.9 Å². The second-order valence-electron chi connectivity index (χ2n) is 9.31. The number of alkyl halides is 2. The molecule has 0 aliphatic heterocycles. The number of aromatic nitrogens is 5. The molecule has 200 valence electrons. The van der Waals surface area contributed by atoms with Gasteiger partial charge in [0.15, 0.2) is 11.5 Å². The average molecular weight is 545 g/mol. The number of nitrogens with zero attached hydrogens (tertiary/aromatic N) is 5. The van der Waals surface area contributed by atoms with E-state index < -0.39 is 22.3 Å². The van der Waals surface area contributed by atoms with Crippen molar-refractivity contribution in [2.75, 3.05) is 28.2 Å². The van der Waals surface area contributed by atoms with Gasteiger partial charge in [-0.25, -0.2) is 32.2 Å². The number of fused-ring (bicyclic) bond motifs is 1. The number of halogens is 2. The minimum absolute atomic E-state index is 0.0505. The molecule has 3 aromatic heterocycles. The molecular weight excluding hydrogens is 518 g/mol. The summed E-state index contributed by atoms with van der Waals surface area (Å²) < 4.78 is 54.9. The molecule has 1 saturated carbocycles. The fourth-order valence-electron chi connectivity index (χ4n) is 3.97. The van der Waals surface area contributed by atoms with Crippen LogP contribution in [0, 0.1) is 12.8 Å². The van der Waals surface area contributed by atoms with Gasteiger partial charge in [-0.15, -0.1) is 0 Å². The number of carbonyl (C=O) groups excluding carboxylic acids is 1. The third-order valence-electron chi connectivity index (χ3n) is 6.46. The third kappa shape index (κ3) is 4.90. The van der Waals surface area contributed by atoms with Crippen LogP contribution in [0.2, 0.25) is 0 Å². The van der Waals surface area contributed by atoms with Gasteiger partial charge in [0.1, 0.15) is 17.2 Å². The van der Waals surface area contributed by atoms with Crippen molar-refractivity contribution >= 4 is 50.0 Å². The Labute approximate surface area is 217 Å². The molecule has 1 amide bonds. The number of anilines is 4. The van der Waals surface area contributed by atoms with E-state index in [-0.39, 0.29) is 34.5 Å². The Morgan fingerprint density at radius 1 is 1.21 bits per heavy atom. The summed E-state index contributed by atoms with van der Waals surface area (Å²) >= 11 is 0. The summed E-state index contributed by atoms with van der Waals surface area (Å²) in [6, 6.07) is 6.60. The van der Waals surface area contributed by atoms with Crippen molar-refractivity contribution in [3.05, 3.63) is 42.0 Å². The highest BCUT2D eigenvalue weighted by atomic mass is 32.2. The lowest BCUT2D eigenvalue weighted by molar-refractivity contribution is -0.117. The summed E-state index contributed by atoms with van der Waals surface area (Å²) in [5.74, 6) is -0.0830. The van der Waals surface area contributed by atoms with Gasteiger partial charge in [-0.2, -0.15) is 0 Å². The number of benzene rings is 1. The molecule has 14 heteroatoms. The van der Waals surface area contributed by atoms with Crippen LogP contribution in [-0.4, -0.2) is 52.1 Å². The van der Waals surface area contributed by atoms with Crippen molar-refractivity contribution in [3.63, 3.8) is 0 Å². The zero-order chi connectivity index (χ0) is 27.4. The van der Waals surface area contributed by atoms with Gasteiger partial charge in [0.05, 0.1) is 23.3 Å². The number of hydrogen-bond acceptors (Lipinski definition) is 7. The molecule has 0 spiro atoms. The molecule has 5 rings (SSSR count). The quantitative estimate of drug-likeness (QED) is 0.304. The maximum Gasteiger partial charge on any atom is 0.295 e. The van der Waals surface area contributed by atoms with Gasteiger partial charge in [-0.05, 0) is 38.0 Å². The minimum atomic E-state index is -3.67. The van der Waals surface area contributed by atoms with Crippen LogP contribution in [0.1, 0.15) is 30.8 Å². The highest BCUT2D eigenvalue weighted by Gasteiger charge is 2.30. The van der Waals surface area contributed by atoms with Crippen molar-refractivity contribution in [2.24, 2.45) is 13.0 Å².